The molecule has 1 atom stereocenters. The van der Waals surface area contributed by atoms with Gasteiger partial charge in [-0.3, -0.25) is 0 Å². The fourth-order valence-corrected chi connectivity index (χ4v) is 3.87. The Morgan fingerprint density at radius 2 is 1.89 bits per heavy atom. The predicted octanol–water partition coefficient (Wildman–Crippen LogP) is 4.37. The highest BCUT2D eigenvalue weighted by Crippen LogP contribution is 2.20. The van der Waals surface area contributed by atoms with Gasteiger partial charge in [0.25, 0.3) is 0 Å². The van der Waals surface area contributed by atoms with Gasteiger partial charge in [0.15, 0.2) is 9.04 Å². The lowest BCUT2D eigenvalue weighted by atomic mass is 10.0. The first-order chi connectivity index (χ1) is 9.31. The Bertz CT molecular complexity index is 542. The first-order valence-corrected chi connectivity index (χ1v) is 9.28. The lowest BCUT2D eigenvalue weighted by Gasteiger charge is -2.04. The number of unbranched alkanes of at least 4 members (excludes halogenated alkanes) is 1. The zero-order chi connectivity index (χ0) is 13.5. The van der Waals surface area contributed by atoms with E-state index in [1.165, 1.54) is 22.8 Å². The summed E-state index contributed by atoms with van der Waals surface area (Å²) in [4.78, 5) is 9.96. The van der Waals surface area contributed by atoms with E-state index in [1.807, 2.05) is 0 Å². The molecule has 0 bridgehead atoms. The third-order valence-electron chi connectivity index (χ3n) is 3.42. The van der Waals surface area contributed by atoms with E-state index >= 15 is 0 Å². The van der Waals surface area contributed by atoms with Crippen LogP contribution in [-0.4, -0.2) is 13.8 Å². The van der Waals surface area contributed by atoms with Crippen molar-refractivity contribution < 1.29 is 4.80 Å². The van der Waals surface area contributed by atoms with Crippen LogP contribution in [0.4, 0.5) is 0 Å². The lowest BCUT2D eigenvalue weighted by Crippen LogP contribution is -2.08. The molecule has 0 fully saturated rings. The Hall–Kier alpha value is -1.38. The fraction of sp³-hybridized carbons (Fsp3) is 0.294. The van der Waals surface area contributed by atoms with Crippen molar-refractivity contribution >= 4 is 25.9 Å². The molecular weight excluding hydrogens is 248 g/mol. The van der Waals surface area contributed by atoms with Crippen LogP contribution in [0.15, 0.2) is 48.5 Å². The molecule has 0 aliphatic carbocycles. The lowest BCUT2D eigenvalue weighted by molar-refractivity contribution is 0.566. The van der Waals surface area contributed by atoms with Crippen LogP contribution < -0.4 is 0 Å². The molecule has 1 nitrogen and oxygen atoms in total. The van der Waals surface area contributed by atoms with Crippen molar-refractivity contribution in [2.75, 3.05) is 0 Å². The molecule has 1 unspecified atom stereocenters. The smallest absolute Gasteiger partial charge is 0.176 e. The number of allylic oxidation sites excluding steroid dienone is 1. The van der Waals surface area contributed by atoms with Gasteiger partial charge >= 0.3 is 0 Å². The number of hydrogen-bond donors (Lipinski definition) is 1. The van der Waals surface area contributed by atoms with Crippen molar-refractivity contribution in [1.82, 2.24) is 0 Å². The third-order valence-corrected chi connectivity index (χ3v) is 5.31. The van der Waals surface area contributed by atoms with Gasteiger partial charge in [-0.25, -0.2) is 0 Å². The molecule has 2 aromatic rings. The fourth-order valence-electron chi connectivity index (χ4n) is 2.31. The second-order valence-corrected chi connectivity index (χ2v) is 7.36. The molecular formula is C17H22OSi. The highest BCUT2D eigenvalue weighted by molar-refractivity contribution is 6.50. The van der Waals surface area contributed by atoms with Crippen LogP contribution in [0.1, 0.15) is 25.3 Å². The van der Waals surface area contributed by atoms with Crippen molar-refractivity contribution in [3.05, 3.63) is 54.1 Å². The van der Waals surface area contributed by atoms with Crippen molar-refractivity contribution in [2.45, 2.75) is 31.9 Å². The number of fused-ring (bicyclic) bond motifs is 1. The molecule has 0 spiro atoms. The van der Waals surface area contributed by atoms with E-state index in [1.54, 1.807) is 0 Å². The number of rotatable bonds is 6. The highest BCUT2D eigenvalue weighted by Gasteiger charge is 2.03. The summed E-state index contributed by atoms with van der Waals surface area (Å²) in [5.41, 5.74) is 1.25. The minimum Gasteiger partial charge on any atom is -0.434 e. The SMILES string of the molecule is CCCC[SiH](O)CC=Cc1cccc2ccccc12. The maximum Gasteiger partial charge on any atom is 0.176 e. The van der Waals surface area contributed by atoms with Crippen LogP contribution in [-0.2, 0) is 0 Å². The normalized spacial score (nSPS) is 13.2. The Labute approximate surface area is 117 Å². The van der Waals surface area contributed by atoms with E-state index in [9.17, 15) is 4.80 Å². The van der Waals surface area contributed by atoms with E-state index in [0.717, 1.165) is 18.5 Å². The van der Waals surface area contributed by atoms with Gasteiger partial charge in [0, 0.05) is 0 Å². The average molecular weight is 270 g/mol. The Morgan fingerprint density at radius 3 is 2.74 bits per heavy atom. The molecule has 0 amide bonds. The molecule has 0 aromatic heterocycles. The summed E-state index contributed by atoms with van der Waals surface area (Å²) < 4.78 is 0. The van der Waals surface area contributed by atoms with Gasteiger partial charge in [-0.2, -0.15) is 0 Å². The summed E-state index contributed by atoms with van der Waals surface area (Å²) >= 11 is 0. The van der Waals surface area contributed by atoms with E-state index in [2.05, 4.69) is 61.5 Å². The molecule has 2 rings (SSSR count). The van der Waals surface area contributed by atoms with E-state index in [0.29, 0.717) is 0 Å². The first kappa shape index (κ1) is 14.0. The summed E-state index contributed by atoms with van der Waals surface area (Å²) in [6.07, 6.45) is 6.64. The maximum absolute atomic E-state index is 9.96. The summed E-state index contributed by atoms with van der Waals surface area (Å²) in [6.45, 7) is 2.17. The van der Waals surface area contributed by atoms with Crippen LogP contribution in [0.3, 0.4) is 0 Å². The minimum atomic E-state index is -1.51. The molecule has 0 radical (unpaired) electrons. The molecule has 2 heteroatoms. The van der Waals surface area contributed by atoms with Crippen LogP contribution in [0.2, 0.25) is 12.1 Å². The Kier molecular flexibility index (Phi) is 5.37. The zero-order valence-corrected chi connectivity index (χ0v) is 12.7. The quantitative estimate of drug-likeness (QED) is 0.773. The summed E-state index contributed by atoms with van der Waals surface area (Å²) in [6, 6.07) is 16.7. The van der Waals surface area contributed by atoms with Crippen LogP contribution in [0.5, 0.6) is 0 Å². The third kappa shape index (κ3) is 4.05. The second-order valence-electron chi connectivity index (χ2n) is 5.00. The Balaban J connectivity index is 2.05. The molecule has 0 aliphatic rings. The monoisotopic (exact) mass is 270 g/mol. The summed E-state index contributed by atoms with van der Waals surface area (Å²) in [7, 11) is -1.51. The van der Waals surface area contributed by atoms with Gasteiger partial charge in [0.2, 0.25) is 0 Å². The van der Waals surface area contributed by atoms with Gasteiger partial charge in [-0.15, -0.1) is 0 Å². The second kappa shape index (κ2) is 7.27. The van der Waals surface area contributed by atoms with Crippen LogP contribution >= 0.6 is 0 Å². The van der Waals surface area contributed by atoms with Gasteiger partial charge in [0.05, 0.1) is 0 Å². The van der Waals surface area contributed by atoms with E-state index in [-0.39, 0.29) is 0 Å². The van der Waals surface area contributed by atoms with Gasteiger partial charge in [0.1, 0.15) is 0 Å². The molecule has 19 heavy (non-hydrogen) atoms. The molecule has 0 heterocycles. The van der Waals surface area contributed by atoms with Crippen molar-refractivity contribution in [1.29, 1.82) is 0 Å². The standard InChI is InChI=1S/C17H22OSi/c1-2-3-13-19(18)14-7-11-16-10-6-9-15-8-4-5-12-17(15)16/h4-12,18-19H,2-3,13-14H2,1H3. The van der Waals surface area contributed by atoms with Gasteiger partial charge in [-0.05, 0) is 28.4 Å². The Morgan fingerprint density at radius 1 is 1.11 bits per heavy atom. The molecule has 1 N–H and O–H groups in total. The van der Waals surface area contributed by atoms with Crippen molar-refractivity contribution in [3.8, 4) is 0 Å². The molecule has 100 valence electrons. The van der Waals surface area contributed by atoms with Gasteiger partial charge < -0.3 is 4.80 Å². The van der Waals surface area contributed by atoms with Crippen molar-refractivity contribution in [2.24, 2.45) is 0 Å². The summed E-state index contributed by atoms with van der Waals surface area (Å²) in [5, 5.41) is 2.55. The first-order valence-electron chi connectivity index (χ1n) is 7.13. The topological polar surface area (TPSA) is 20.2 Å². The molecule has 0 aliphatic heterocycles. The maximum atomic E-state index is 9.96. The average Bonchev–Trinajstić information content (AvgIpc) is 2.45. The molecule has 0 saturated carbocycles. The van der Waals surface area contributed by atoms with Crippen LogP contribution in [0, 0.1) is 0 Å². The molecule has 2 aromatic carbocycles. The highest BCUT2D eigenvalue weighted by atomic mass is 28.3. The van der Waals surface area contributed by atoms with Crippen molar-refractivity contribution in [3.63, 3.8) is 0 Å². The zero-order valence-electron chi connectivity index (χ0n) is 11.5. The minimum absolute atomic E-state index is 0.878. The van der Waals surface area contributed by atoms with Gasteiger partial charge in [-0.1, -0.05) is 74.4 Å². The van der Waals surface area contributed by atoms with E-state index < -0.39 is 9.04 Å². The predicted molar refractivity (Wildman–Crippen MR) is 86.9 cm³/mol. The van der Waals surface area contributed by atoms with Crippen LogP contribution in [0.25, 0.3) is 16.8 Å². The molecule has 0 saturated heterocycles. The van der Waals surface area contributed by atoms with E-state index in [4.69, 9.17) is 0 Å². The largest absolute Gasteiger partial charge is 0.434 e. The number of benzene rings is 2. The summed E-state index contributed by atoms with van der Waals surface area (Å²) in [5.74, 6) is 0. The number of hydrogen-bond acceptors (Lipinski definition) is 1.